The summed E-state index contributed by atoms with van der Waals surface area (Å²) < 4.78 is 10.0. The van der Waals surface area contributed by atoms with E-state index in [1.807, 2.05) is 6.07 Å². The number of hydrogen-bond donors (Lipinski definition) is 0. The molecule has 21 heavy (non-hydrogen) atoms. The van der Waals surface area contributed by atoms with Gasteiger partial charge in [0.2, 0.25) is 11.4 Å². The molecule has 1 aromatic carbocycles. The summed E-state index contributed by atoms with van der Waals surface area (Å²) in [4.78, 5) is 25.6. The Bertz CT molecular complexity index is 591. The van der Waals surface area contributed by atoms with Crippen LogP contribution in [0.25, 0.3) is 0 Å². The Labute approximate surface area is 122 Å². The summed E-state index contributed by atoms with van der Waals surface area (Å²) in [6, 6.07) is 8.61. The van der Waals surface area contributed by atoms with Gasteiger partial charge in [0.25, 0.3) is 0 Å². The Hall–Kier alpha value is -2.55. The third-order valence-corrected chi connectivity index (χ3v) is 3.46. The van der Waals surface area contributed by atoms with Crippen LogP contribution in [0.2, 0.25) is 0 Å². The monoisotopic (exact) mass is 288 g/mol. The quantitative estimate of drug-likeness (QED) is 0.787. The number of anilines is 1. The van der Waals surface area contributed by atoms with Gasteiger partial charge in [0, 0.05) is 18.5 Å². The SMILES string of the molecule is CCOC(=O)C1(C#N)CCC(=O)N1c1ccc(OC)cc1. The van der Waals surface area contributed by atoms with Crippen LogP contribution in [0.3, 0.4) is 0 Å². The molecule has 0 spiro atoms. The summed E-state index contributed by atoms with van der Waals surface area (Å²) in [5.74, 6) is -0.326. The number of rotatable bonds is 4. The highest BCUT2D eigenvalue weighted by Crippen LogP contribution is 2.36. The minimum atomic E-state index is -1.58. The lowest BCUT2D eigenvalue weighted by Crippen LogP contribution is -2.52. The molecule has 1 unspecified atom stereocenters. The zero-order valence-corrected chi connectivity index (χ0v) is 12.0. The van der Waals surface area contributed by atoms with Crippen LogP contribution in [0, 0.1) is 11.3 Å². The van der Waals surface area contributed by atoms with Gasteiger partial charge in [0.15, 0.2) is 0 Å². The average molecular weight is 288 g/mol. The van der Waals surface area contributed by atoms with Crippen molar-refractivity contribution in [3.8, 4) is 11.8 Å². The molecular formula is C15H16N2O4. The van der Waals surface area contributed by atoms with Crippen molar-refractivity contribution < 1.29 is 19.1 Å². The Morgan fingerprint density at radius 3 is 2.62 bits per heavy atom. The average Bonchev–Trinajstić information content (AvgIpc) is 2.85. The van der Waals surface area contributed by atoms with E-state index in [2.05, 4.69) is 0 Å². The summed E-state index contributed by atoms with van der Waals surface area (Å²) in [5.41, 5.74) is -1.10. The first-order chi connectivity index (χ1) is 10.1. The summed E-state index contributed by atoms with van der Waals surface area (Å²) in [6.07, 6.45) is 0.269. The maximum atomic E-state index is 12.2. The maximum Gasteiger partial charge on any atom is 0.347 e. The Morgan fingerprint density at radius 2 is 2.10 bits per heavy atom. The lowest BCUT2D eigenvalue weighted by atomic mass is 9.97. The molecular weight excluding hydrogens is 272 g/mol. The molecule has 0 aromatic heterocycles. The number of carbonyl (C=O) groups excluding carboxylic acids is 2. The van der Waals surface area contributed by atoms with Crippen molar-refractivity contribution in [3.63, 3.8) is 0 Å². The van der Waals surface area contributed by atoms with Crippen molar-refractivity contribution >= 4 is 17.6 Å². The maximum absolute atomic E-state index is 12.2. The van der Waals surface area contributed by atoms with E-state index < -0.39 is 11.5 Å². The van der Waals surface area contributed by atoms with Gasteiger partial charge in [-0.15, -0.1) is 0 Å². The number of hydrogen-bond acceptors (Lipinski definition) is 5. The van der Waals surface area contributed by atoms with Gasteiger partial charge in [0.1, 0.15) is 11.8 Å². The van der Waals surface area contributed by atoms with Crippen LogP contribution >= 0.6 is 0 Å². The van der Waals surface area contributed by atoms with Crippen LogP contribution in [0.5, 0.6) is 5.75 Å². The molecule has 1 amide bonds. The van der Waals surface area contributed by atoms with Gasteiger partial charge in [-0.3, -0.25) is 9.69 Å². The van der Waals surface area contributed by atoms with E-state index in [0.717, 1.165) is 0 Å². The van der Waals surface area contributed by atoms with Gasteiger partial charge in [-0.2, -0.15) is 5.26 Å². The van der Waals surface area contributed by atoms with Crippen molar-refractivity contribution in [2.45, 2.75) is 25.3 Å². The van der Waals surface area contributed by atoms with Gasteiger partial charge in [0.05, 0.1) is 13.7 Å². The highest BCUT2D eigenvalue weighted by molar-refractivity contribution is 6.07. The Kier molecular flexibility index (Phi) is 4.13. The minimum absolute atomic E-state index is 0.132. The Balaban J connectivity index is 2.43. The van der Waals surface area contributed by atoms with Gasteiger partial charge in [-0.05, 0) is 31.2 Å². The van der Waals surface area contributed by atoms with Crippen LogP contribution in [0.4, 0.5) is 5.69 Å². The van der Waals surface area contributed by atoms with E-state index in [1.165, 1.54) is 12.0 Å². The van der Waals surface area contributed by atoms with E-state index in [4.69, 9.17) is 9.47 Å². The summed E-state index contributed by atoms with van der Waals surface area (Å²) in [6.45, 7) is 1.82. The normalized spacial score (nSPS) is 21.0. The van der Waals surface area contributed by atoms with Crippen LogP contribution in [0.15, 0.2) is 24.3 Å². The number of nitriles is 1. The third-order valence-electron chi connectivity index (χ3n) is 3.46. The standard InChI is InChI=1S/C15H16N2O4/c1-3-21-14(19)15(10-16)9-8-13(18)17(15)11-4-6-12(20-2)7-5-11/h4-7H,3,8-9H2,1-2H3. The molecule has 2 rings (SSSR count). The molecule has 6 nitrogen and oxygen atoms in total. The highest BCUT2D eigenvalue weighted by atomic mass is 16.5. The van der Waals surface area contributed by atoms with Crippen LogP contribution in [-0.2, 0) is 14.3 Å². The van der Waals surface area contributed by atoms with E-state index in [-0.39, 0.29) is 25.4 Å². The van der Waals surface area contributed by atoms with Crippen LogP contribution < -0.4 is 9.64 Å². The molecule has 6 heteroatoms. The second-order valence-corrected chi connectivity index (χ2v) is 4.62. The molecule has 0 bridgehead atoms. The third kappa shape index (κ3) is 2.42. The summed E-state index contributed by atoms with van der Waals surface area (Å²) in [5, 5.41) is 9.49. The number of carbonyl (C=O) groups is 2. The molecule has 1 saturated heterocycles. The number of nitrogens with zero attached hydrogens (tertiary/aromatic N) is 2. The first kappa shape index (κ1) is 14.9. The number of benzene rings is 1. The molecule has 0 N–H and O–H groups in total. The topological polar surface area (TPSA) is 79.6 Å². The van der Waals surface area contributed by atoms with Crippen molar-refractivity contribution in [1.29, 1.82) is 5.26 Å². The first-order valence-corrected chi connectivity index (χ1v) is 6.64. The molecule has 1 fully saturated rings. The van der Waals surface area contributed by atoms with E-state index in [1.54, 1.807) is 31.2 Å². The fourth-order valence-electron chi connectivity index (χ4n) is 2.42. The smallest absolute Gasteiger partial charge is 0.347 e. The van der Waals surface area contributed by atoms with Gasteiger partial charge in [-0.1, -0.05) is 0 Å². The van der Waals surface area contributed by atoms with E-state index >= 15 is 0 Å². The molecule has 1 heterocycles. The van der Waals surface area contributed by atoms with Crippen molar-refractivity contribution in [2.24, 2.45) is 0 Å². The zero-order valence-electron chi connectivity index (χ0n) is 12.0. The highest BCUT2D eigenvalue weighted by Gasteiger charge is 2.54. The first-order valence-electron chi connectivity index (χ1n) is 6.64. The van der Waals surface area contributed by atoms with Crippen LogP contribution in [-0.4, -0.2) is 31.1 Å². The van der Waals surface area contributed by atoms with Crippen LogP contribution in [0.1, 0.15) is 19.8 Å². The second kappa shape index (κ2) is 5.83. The molecule has 0 aliphatic carbocycles. The number of methoxy groups -OCH3 is 1. The molecule has 0 saturated carbocycles. The van der Waals surface area contributed by atoms with E-state index in [9.17, 15) is 14.9 Å². The number of esters is 1. The van der Waals surface area contributed by atoms with Gasteiger partial charge >= 0.3 is 5.97 Å². The van der Waals surface area contributed by atoms with E-state index in [0.29, 0.717) is 11.4 Å². The predicted molar refractivity (Wildman–Crippen MR) is 74.7 cm³/mol. The summed E-state index contributed by atoms with van der Waals surface area (Å²) in [7, 11) is 1.54. The fourth-order valence-corrected chi connectivity index (χ4v) is 2.42. The predicted octanol–water partition coefficient (Wildman–Crippen LogP) is 1.65. The largest absolute Gasteiger partial charge is 0.497 e. The molecule has 1 aromatic rings. The molecule has 1 aliphatic heterocycles. The van der Waals surface area contributed by atoms with Crippen molar-refractivity contribution in [1.82, 2.24) is 0 Å². The minimum Gasteiger partial charge on any atom is -0.497 e. The summed E-state index contributed by atoms with van der Waals surface area (Å²) >= 11 is 0. The number of amides is 1. The molecule has 1 atom stereocenters. The van der Waals surface area contributed by atoms with Crippen molar-refractivity contribution in [3.05, 3.63) is 24.3 Å². The number of ether oxygens (including phenoxy) is 2. The zero-order chi connectivity index (χ0) is 15.5. The van der Waals surface area contributed by atoms with Crippen molar-refractivity contribution in [2.75, 3.05) is 18.6 Å². The fraction of sp³-hybridized carbons (Fsp3) is 0.400. The molecule has 0 radical (unpaired) electrons. The van der Waals surface area contributed by atoms with Gasteiger partial charge in [-0.25, -0.2) is 4.79 Å². The Morgan fingerprint density at radius 1 is 1.43 bits per heavy atom. The lowest BCUT2D eigenvalue weighted by molar-refractivity contribution is -0.147. The lowest BCUT2D eigenvalue weighted by Gasteiger charge is -2.30. The van der Waals surface area contributed by atoms with Gasteiger partial charge < -0.3 is 9.47 Å². The molecule has 1 aliphatic rings. The molecule has 110 valence electrons. The second-order valence-electron chi connectivity index (χ2n) is 4.62.